The molecule has 6 nitrogen and oxygen atoms in total. The van der Waals surface area contributed by atoms with Gasteiger partial charge in [0.1, 0.15) is 6.42 Å². The van der Waals surface area contributed by atoms with Gasteiger partial charge in [0.05, 0.1) is 12.7 Å². The van der Waals surface area contributed by atoms with E-state index in [0.717, 1.165) is 25.7 Å². The molecule has 0 unspecified atom stereocenters. The van der Waals surface area contributed by atoms with Crippen molar-refractivity contribution in [3.8, 4) is 0 Å². The molecule has 0 saturated heterocycles. The highest BCUT2D eigenvalue weighted by Crippen LogP contribution is 2.17. The van der Waals surface area contributed by atoms with Gasteiger partial charge in [-0.25, -0.2) is 4.79 Å². The first kappa shape index (κ1) is 17.0. The SMILES string of the molecule is COC(=O)c1ccc(NC(=O)CC(=O)NC2CCCCC2)cc1. The van der Waals surface area contributed by atoms with Crippen LogP contribution in [-0.4, -0.2) is 30.9 Å². The van der Waals surface area contributed by atoms with Crippen molar-refractivity contribution in [3.63, 3.8) is 0 Å². The van der Waals surface area contributed by atoms with Crippen molar-refractivity contribution in [2.45, 2.75) is 44.6 Å². The minimum absolute atomic E-state index is 0.198. The van der Waals surface area contributed by atoms with Gasteiger partial charge in [0.15, 0.2) is 0 Å². The van der Waals surface area contributed by atoms with Crippen molar-refractivity contribution in [2.75, 3.05) is 12.4 Å². The van der Waals surface area contributed by atoms with Crippen molar-refractivity contribution in [2.24, 2.45) is 0 Å². The summed E-state index contributed by atoms with van der Waals surface area (Å²) in [6.45, 7) is 0. The van der Waals surface area contributed by atoms with E-state index >= 15 is 0 Å². The first-order valence-electron chi connectivity index (χ1n) is 7.86. The van der Waals surface area contributed by atoms with Crippen LogP contribution in [-0.2, 0) is 14.3 Å². The number of nitrogens with one attached hydrogen (secondary N) is 2. The number of anilines is 1. The number of amides is 2. The fourth-order valence-electron chi connectivity index (χ4n) is 2.68. The van der Waals surface area contributed by atoms with Crippen molar-refractivity contribution >= 4 is 23.5 Å². The van der Waals surface area contributed by atoms with Crippen LogP contribution >= 0.6 is 0 Å². The van der Waals surface area contributed by atoms with Gasteiger partial charge in [-0.2, -0.15) is 0 Å². The molecule has 1 aromatic carbocycles. The Hall–Kier alpha value is -2.37. The van der Waals surface area contributed by atoms with Crippen LogP contribution in [0.15, 0.2) is 24.3 Å². The average Bonchev–Trinajstić information content (AvgIpc) is 2.55. The van der Waals surface area contributed by atoms with Gasteiger partial charge in [-0.15, -0.1) is 0 Å². The minimum atomic E-state index is -0.435. The van der Waals surface area contributed by atoms with Crippen molar-refractivity contribution < 1.29 is 19.1 Å². The molecule has 2 N–H and O–H groups in total. The van der Waals surface area contributed by atoms with Gasteiger partial charge in [-0.1, -0.05) is 19.3 Å². The Balaban J connectivity index is 1.79. The maximum Gasteiger partial charge on any atom is 0.337 e. The van der Waals surface area contributed by atoms with Crippen LogP contribution in [0.4, 0.5) is 5.69 Å². The molecule has 2 amide bonds. The van der Waals surface area contributed by atoms with Gasteiger partial charge in [0.25, 0.3) is 0 Å². The van der Waals surface area contributed by atoms with E-state index in [1.54, 1.807) is 24.3 Å². The van der Waals surface area contributed by atoms with Gasteiger partial charge in [-0.05, 0) is 37.1 Å². The summed E-state index contributed by atoms with van der Waals surface area (Å²) >= 11 is 0. The molecule has 0 heterocycles. The monoisotopic (exact) mass is 318 g/mol. The first-order valence-corrected chi connectivity index (χ1v) is 7.86. The predicted octanol–water partition coefficient (Wildman–Crippen LogP) is 2.25. The van der Waals surface area contributed by atoms with E-state index in [1.165, 1.54) is 13.5 Å². The van der Waals surface area contributed by atoms with Gasteiger partial charge < -0.3 is 15.4 Å². The molecule has 1 saturated carbocycles. The number of rotatable bonds is 5. The molecular formula is C17H22N2O4. The van der Waals surface area contributed by atoms with E-state index in [-0.39, 0.29) is 24.3 Å². The number of carbonyl (C=O) groups is 3. The Morgan fingerprint density at radius 1 is 1.04 bits per heavy atom. The van der Waals surface area contributed by atoms with Gasteiger partial charge in [0, 0.05) is 11.7 Å². The van der Waals surface area contributed by atoms with Gasteiger partial charge in [-0.3, -0.25) is 9.59 Å². The largest absolute Gasteiger partial charge is 0.465 e. The summed E-state index contributed by atoms with van der Waals surface area (Å²) in [5.74, 6) is -1.06. The molecule has 0 aromatic heterocycles. The van der Waals surface area contributed by atoms with E-state index in [1.807, 2.05) is 0 Å². The van der Waals surface area contributed by atoms with E-state index in [2.05, 4.69) is 15.4 Å². The van der Waals surface area contributed by atoms with Crippen LogP contribution in [0.3, 0.4) is 0 Å². The Labute approximate surface area is 135 Å². The number of carbonyl (C=O) groups excluding carboxylic acids is 3. The van der Waals surface area contributed by atoms with E-state index < -0.39 is 5.97 Å². The zero-order valence-electron chi connectivity index (χ0n) is 13.3. The van der Waals surface area contributed by atoms with Crippen LogP contribution in [0.25, 0.3) is 0 Å². The molecule has 2 rings (SSSR count). The topological polar surface area (TPSA) is 84.5 Å². The zero-order chi connectivity index (χ0) is 16.7. The molecule has 124 valence electrons. The third-order valence-corrected chi connectivity index (χ3v) is 3.88. The molecular weight excluding hydrogens is 296 g/mol. The van der Waals surface area contributed by atoms with Gasteiger partial charge >= 0.3 is 5.97 Å². The fraction of sp³-hybridized carbons (Fsp3) is 0.471. The molecule has 0 bridgehead atoms. The molecule has 6 heteroatoms. The highest BCUT2D eigenvalue weighted by atomic mass is 16.5. The summed E-state index contributed by atoms with van der Waals surface area (Å²) < 4.78 is 4.60. The number of hydrogen-bond acceptors (Lipinski definition) is 4. The number of ether oxygens (including phenoxy) is 1. The Bertz CT molecular complexity index is 562. The molecule has 0 spiro atoms. The number of hydrogen-bond donors (Lipinski definition) is 2. The molecule has 1 aliphatic rings. The standard InChI is InChI=1S/C17H22N2O4/c1-23-17(22)12-7-9-14(10-8-12)19-16(21)11-15(20)18-13-5-3-2-4-6-13/h7-10,13H,2-6,11H2,1H3,(H,18,20)(H,19,21). The lowest BCUT2D eigenvalue weighted by atomic mass is 9.95. The number of esters is 1. The minimum Gasteiger partial charge on any atom is -0.465 e. The maximum absolute atomic E-state index is 11.9. The number of benzene rings is 1. The third-order valence-electron chi connectivity index (χ3n) is 3.88. The van der Waals surface area contributed by atoms with E-state index in [0.29, 0.717) is 11.3 Å². The molecule has 1 aromatic rings. The molecule has 0 radical (unpaired) electrons. The Morgan fingerprint density at radius 3 is 2.30 bits per heavy atom. The lowest BCUT2D eigenvalue weighted by Crippen LogP contribution is -2.37. The van der Waals surface area contributed by atoms with Crippen LogP contribution in [0.5, 0.6) is 0 Å². The summed E-state index contributed by atoms with van der Waals surface area (Å²) in [5.41, 5.74) is 0.939. The lowest BCUT2D eigenvalue weighted by Gasteiger charge is -2.22. The van der Waals surface area contributed by atoms with Crippen molar-refractivity contribution in [1.82, 2.24) is 5.32 Å². The summed E-state index contributed by atoms with van der Waals surface area (Å²) in [6.07, 6.45) is 5.25. The second-order valence-corrected chi connectivity index (χ2v) is 5.70. The van der Waals surface area contributed by atoms with Crippen LogP contribution in [0.2, 0.25) is 0 Å². The maximum atomic E-state index is 11.9. The molecule has 0 atom stereocenters. The molecule has 1 aliphatic carbocycles. The lowest BCUT2D eigenvalue weighted by molar-refractivity contribution is -0.127. The normalized spacial score (nSPS) is 14.8. The van der Waals surface area contributed by atoms with E-state index in [4.69, 9.17) is 0 Å². The molecule has 23 heavy (non-hydrogen) atoms. The molecule has 1 fully saturated rings. The fourth-order valence-corrected chi connectivity index (χ4v) is 2.68. The summed E-state index contributed by atoms with van der Waals surface area (Å²) in [5, 5.41) is 5.55. The number of methoxy groups -OCH3 is 1. The Kier molecular flexibility index (Phi) is 6.14. The summed E-state index contributed by atoms with van der Waals surface area (Å²) in [6, 6.07) is 6.52. The quantitative estimate of drug-likeness (QED) is 0.644. The highest BCUT2D eigenvalue weighted by molar-refractivity contribution is 6.03. The van der Waals surface area contributed by atoms with Crippen molar-refractivity contribution in [3.05, 3.63) is 29.8 Å². The second kappa shape index (κ2) is 8.31. The Morgan fingerprint density at radius 2 is 1.70 bits per heavy atom. The van der Waals surface area contributed by atoms with Crippen LogP contribution < -0.4 is 10.6 Å². The van der Waals surface area contributed by atoms with Crippen molar-refractivity contribution in [1.29, 1.82) is 0 Å². The van der Waals surface area contributed by atoms with Crippen LogP contribution in [0, 0.1) is 0 Å². The smallest absolute Gasteiger partial charge is 0.337 e. The van der Waals surface area contributed by atoms with Crippen LogP contribution in [0.1, 0.15) is 48.9 Å². The highest BCUT2D eigenvalue weighted by Gasteiger charge is 2.17. The summed E-state index contributed by atoms with van der Waals surface area (Å²) in [4.78, 5) is 35.1. The zero-order valence-corrected chi connectivity index (χ0v) is 13.3. The van der Waals surface area contributed by atoms with Gasteiger partial charge in [0.2, 0.25) is 11.8 Å². The molecule has 0 aliphatic heterocycles. The average molecular weight is 318 g/mol. The first-order chi connectivity index (χ1) is 11.1. The second-order valence-electron chi connectivity index (χ2n) is 5.70. The third kappa shape index (κ3) is 5.39. The predicted molar refractivity (Wildman–Crippen MR) is 86.0 cm³/mol. The summed E-state index contributed by atoms with van der Waals surface area (Å²) in [7, 11) is 1.31. The van der Waals surface area contributed by atoms with E-state index in [9.17, 15) is 14.4 Å².